The molecule has 3 aliphatic carbocycles. The first-order valence-electron chi connectivity index (χ1n) is 6.64. The van der Waals surface area contributed by atoms with Gasteiger partial charge in [-0.25, -0.2) is 0 Å². The van der Waals surface area contributed by atoms with Crippen LogP contribution in [0.5, 0.6) is 0 Å². The van der Waals surface area contributed by atoms with Crippen LogP contribution in [0.2, 0.25) is 0 Å². The van der Waals surface area contributed by atoms with Crippen molar-refractivity contribution in [2.75, 3.05) is 0 Å². The van der Waals surface area contributed by atoms with E-state index in [9.17, 15) is 5.11 Å². The molecule has 0 aliphatic heterocycles. The van der Waals surface area contributed by atoms with Crippen LogP contribution >= 0.6 is 0 Å². The molecule has 1 nitrogen and oxygen atoms in total. The van der Waals surface area contributed by atoms with Crippen LogP contribution in [0.4, 0.5) is 0 Å². The molecule has 16 heavy (non-hydrogen) atoms. The fourth-order valence-corrected chi connectivity index (χ4v) is 4.39. The fraction of sp³-hybridized carbons (Fsp3) is 0.733. The summed E-state index contributed by atoms with van der Waals surface area (Å²) in [6.07, 6.45) is 5.69. The number of allylic oxidation sites excluding steroid dienone is 2. The second-order valence-corrected chi connectivity index (χ2v) is 6.16. The molecule has 2 fully saturated rings. The lowest BCUT2D eigenvalue weighted by atomic mass is 9.64. The van der Waals surface area contributed by atoms with Crippen molar-refractivity contribution in [2.24, 2.45) is 29.6 Å². The standard InChI is InChI=1S/C15H22O/c1-8-4-5-11-10(3)14(16)7-12-9(2)6-13(12)15(8)11/h6,8,11-16H,3-5,7H2,1-2H3/t8-,11-,12+,13-,14+,15-/m1/s1. The lowest BCUT2D eigenvalue weighted by Crippen LogP contribution is -2.33. The molecule has 0 radical (unpaired) electrons. The van der Waals surface area contributed by atoms with Crippen LogP contribution in [0.3, 0.4) is 0 Å². The molecule has 0 saturated heterocycles. The summed E-state index contributed by atoms with van der Waals surface area (Å²) in [5.74, 6) is 3.53. The zero-order valence-electron chi connectivity index (χ0n) is 10.3. The van der Waals surface area contributed by atoms with Gasteiger partial charge < -0.3 is 5.11 Å². The minimum Gasteiger partial charge on any atom is -0.389 e. The second-order valence-electron chi connectivity index (χ2n) is 6.16. The molecule has 0 spiro atoms. The second kappa shape index (κ2) is 3.46. The van der Waals surface area contributed by atoms with Crippen LogP contribution in [0.1, 0.15) is 33.1 Å². The quantitative estimate of drug-likeness (QED) is 0.619. The van der Waals surface area contributed by atoms with E-state index < -0.39 is 0 Å². The van der Waals surface area contributed by atoms with Gasteiger partial charge in [0.05, 0.1) is 6.10 Å². The summed E-state index contributed by atoms with van der Waals surface area (Å²) >= 11 is 0. The SMILES string of the molecule is C=C1[C@H]2CC[C@@H](C)[C@H]2[C@@H]2C=C(C)[C@@H]2C[C@@H]1O. The summed E-state index contributed by atoms with van der Waals surface area (Å²) in [6.45, 7) is 8.78. The van der Waals surface area contributed by atoms with Crippen molar-refractivity contribution in [3.05, 3.63) is 23.8 Å². The van der Waals surface area contributed by atoms with Crippen LogP contribution in [0.15, 0.2) is 23.8 Å². The van der Waals surface area contributed by atoms with E-state index in [1.54, 1.807) is 0 Å². The van der Waals surface area contributed by atoms with Crippen LogP contribution in [-0.4, -0.2) is 11.2 Å². The summed E-state index contributed by atoms with van der Waals surface area (Å²) in [5.41, 5.74) is 2.63. The molecule has 6 atom stereocenters. The number of hydrogen-bond acceptors (Lipinski definition) is 1. The van der Waals surface area contributed by atoms with Crippen LogP contribution in [0, 0.1) is 29.6 Å². The largest absolute Gasteiger partial charge is 0.389 e. The number of rotatable bonds is 0. The number of fused-ring (bicyclic) bond motifs is 3. The highest BCUT2D eigenvalue weighted by Crippen LogP contribution is 2.56. The first kappa shape index (κ1) is 10.6. The van der Waals surface area contributed by atoms with Gasteiger partial charge in [0.1, 0.15) is 0 Å². The van der Waals surface area contributed by atoms with Gasteiger partial charge in [-0.05, 0) is 61.3 Å². The van der Waals surface area contributed by atoms with E-state index in [2.05, 4.69) is 26.5 Å². The minimum atomic E-state index is -0.253. The van der Waals surface area contributed by atoms with E-state index in [-0.39, 0.29) is 6.10 Å². The van der Waals surface area contributed by atoms with E-state index in [0.29, 0.717) is 11.8 Å². The molecule has 0 bridgehead atoms. The maximum atomic E-state index is 10.2. The molecular formula is C15H22O. The summed E-state index contributed by atoms with van der Waals surface area (Å²) < 4.78 is 0. The van der Waals surface area contributed by atoms with E-state index >= 15 is 0 Å². The van der Waals surface area contributed by atoms with Gasteiger partial charge in [-0.1, -0.05) is 25.2 Å². The van der Waals surface area contributed by atoms with Crippen molar-refractivity contribution < 1.29 is 5.11 Å². The Kier molecular flexibility index (Phi) is 2.29. The highest BCUT2D eigenvalue weighted by Gasteiger charge is 2.49. The Balaban J connectivity index is 1.97. The maximum absolute atomic E-state index is 10.2. The minimum absolute atomic E-state index is 0.253. The van der Waals surface area contributed by atoms with E-state index in [4.69, 9.17) is 0 Å². The van der Waals surface area contributed by atoms with Gasteiger partial charge in [-0.3, -0.25) is 0 Å². The van der Waals surface area contributed by atoms with Crippen molar-refractivity contribution in [1.29, 1.82) is 0 Å². The van der Waals surface area contributed by atoms with Crippen molar-refractivity contribution in [1.82, 2.24) is 0 Å². The molecule has 0 aromatic rings. The van der Waals surface area contributed by atoms with Crippen molar-refractivity contribution in [2.45, 2.75) is 39.2 Å². The highest BCUT2D eigenvalue weighted by atomic mass is 16.3. The average Bonchev–Trinajstić information content (AvgIpc) is 2.59. The monoisotopic (exact) mass is 218 g/mol. The Morgan fingerprint density at radius 3 is 2.75 bits per heavy atom. The normalized spacial score (nSPS) is 51.2. The third-order valence-corrected chi connectivity index (χ3v) is 5.39. The van der Waals surface area contributed by atoms with E-state index in [1.165, 1.54) is 18.4 Å². The van der Waals surface area contributed by atoms with Crippen LogP contribution < -0.4 is 0 Å². The van der Waals surface area contributed by atoms with Crippen LogP contribution in [-0.2, 0) is 0 Å². The molecule has 2 saturated carbocycles. The zero-order valence-corrected chi connectivity index (χ0v) is 10.3. The lowest BCUT2D eigenvalue weighted by molar-refractivity contribution is 0.164. The van der Waals surface area contributed by atoms with Gasteiger partial charge >= 0.3 is 0 Å². The Morgan fingerprint density at radius 1 is 1.31 bits per heavy atom. The van der Waals surface area contributed by atoms with E-state index in [0.717, 1.165) is 29.7 Å². The third kappa shape index (κ3) is 1.27. The maximum Gasteiger partial charge on any atom is 0.0756 e. The first-order valence-corrected chi connectivity index (χ1v) is 6.64. The Hall–Kier alpha value is -0.560. The molecule has 0 aromatic heterocycles. The molecule has 0 heterocycles. The molecule has 1 heteroatoms. The van der Waals surface area contributed by atoms with Gasteiger partial charge in [0.25, 0.3) is 0 Å². The fourth-order valence-electron chi connectivity index (χ4n) is 4.39. The first-order chi connectivity index (χ1) is 7.59. The molecule has 3 rings (SSSR count). The Bertz CT molecular complexity index is 354. The average molecular weight is 218 g/mol. The van der Waals surface area contributed by atoms with Gasteiger partial charge in [-0.15, -0.1) is 0 Å². The molecular weight excluding hydrogens is 196 g/mol. The number of aliphatic hydroxyl groups excluding tert-OH is 1. The molecule has 3 aliphatic rings. The predicted octanol–water partition coefficient (Wildman–Crippen LogP) is 3.16. The van der Waals surface area contributed by atoms with Crippen molar-refractivity contribution in [3.63, 3.8) is 0 Å². The lowest BCUT2D eigenvalue weighted by Gasteiger charge is -2.40. The molecule has 1 N–H and O–H groups in total. The Morgan fingerprint density at radius 2 is 2.06 bits per heavy atom. The zero-order chi connectivity index (χ0) is 11.4. The van der Waals surface area contributed by atoms with Crippen molar-refractivity contribution in [3.8, 4) is 0 Å². The Labute approximate surface area is 98.2 Å². The molecule has 88 valence electrons. The van der Waals surface area contributed by atoms with Gasteiger partial charge in [0.15, 0.2) is 0 Å². The van der Waals surface area contributed by atoms with Gasteiger partial charge in [0, 0.05) is 0 Å². The summed E-state index contributed by atoms with van der Waals surface area (Å²) in [4.78, 5) is 0. The number of hydrogen-bond donors (Lipinski definition) is 1. The van der Waals surface area contributed by atoms with Gasteiger partial charge in [0.2, 0.25) is 0 Å². The molecule has 0 aromatic carbocycles. The highest BCUT2D eigenvalue weighted by molar-refractivity contribution is 5.28. The van der Waals surface area contributed by atoms with Gasteiger partial charge in [-0.2, -0.15) is 0 Å². The molecule has 0 unspecified atom stereocenters. The summed E-state index contributed by atoms with van der Waals surface area (Å²) in [6, 6.07) is 0. The predicted molar refractivity (Wildman–Crippen MR) is 65.9 cm³/mol. The van der Waals surface area contributed by atoms with Crippen LogP contribution in [0.25, 0.3) is 0 Å². The van der Waals surface area contributed by atoms with Crippen molar-refractivity contribution >= 4 is 0 Å². The third-order valence-electron chi connectivity index (χ3n) is 5.39. The topological polar surface area (TPSA) is 20.2 Å². The number of aliphatic hydroxyl groups is 1. The summed E-state index contributed by atoms with van der Waals surface area (Å²) in [5, 5.41) is 10.2. The summed E-state index contributed by atoms with van der Waals surface area (Å²) in [7, 11) is 0. The molecule has 0 amide bonds. The smallest absolute Gasteiger partial charge is 0.0756 e. The van der Waals surface area contributed by atoms with E-state index in [1.807, 2.05) is 0 Å².